The van der Waals surface area contributed by atoms with Gasteiger partial charge in [0, 0.05) is 5.56 Å². The number of nitrogens with zero attached hydrogens (tertiary/aromatic N) is 2. The summed E-state index contributed by atoms with van der Waals surface area (Å²) in [7, 11) is 0. The molecule has 0 radical (unpaired) electrons. The monoisotopic (exact) mass is 314 g/mol. The van der Waals surface area contributed by atoms with E-state index >= 15 is 0 Å². The van der Waals surface area contributed by atoms with Crippen molar-refractivity contribution in [1.29, 1.82) is 0 Å². The molecule has 3 aromatic rings. The van der Waals surface area contributed by atoms with Crippen molar-refractivity contribution in [2.75, 3.05) is 0 Å². The predicted octanol–water partition coefficient (Wildman–Crippen LogP) is 3.78. The van der Waals surface area contributed by atoms with Crippen molar-refractivity contribution >= 4 is 17.9 Å². The van der Waals surface area contributed by atoms with Crippen molar-refractivity contribution in [2.45, 2.75) is 6.61 Å². The molecule has 0 saturated carbocycles. The van der Waals surface area contributed by atoms with Crippen molar-refractivity contribution in [1.82, 2.24) is 10.1 Å². The first-order valence-corrected chi connectivity index (χ1v) is 6.89. The van der Waals surface area contributed by atoms with Crippen molar-refractivity contribution in [2.24, 2.45) is 0 Å². The minimum Gasteiger partial charge on any atom is -0.485 e. The number of benzene rings is 2. The molecule has 6 heteroatoms. The molecule has 1 heterocycles. The molecular formula is C16H11ClN2O3. The van der Waals surface area contributed by atoms with Gasteiger partial charge < -0.3 is 9.26 Å². The number of hydrogen-bond acceptors (Lipinski definition) is 5. The van der Waals surface area contributed by atoms with Gasteiger partial charge in [-0.25, -0.2) is 0 Å². The molecule has 0 aliphatic rings. The van der Waals surface area contributed by atoms with E-state index in [1.165, 1.54) is 0 Å². The third-order valence-electron chi connectivity index (χ3n) is 2.96. The average molecular weight is 315 g/mol. The number of carbonyl (C=O) groups excluding carboxylic acids is 1. The van der Waals surface area contributed by atoms with Crippen LogP contribution in [0.2, 0.25) is 5.02 Å². The van der Waals surface area contributed by atoms with Gasteiger partial charge in [-0.3, -0.25) is 4.79 Å². The van der Waals surface area contributed by atoms with Gasteiger partial charge in [-0.1, -0.05) is 28.9 Å². The molecule has 5 nitrogen and oxygen atoms in total. The maximum absolute atomic E-state index is 10.6. The Bertz CT molecular complexity index is 784. The summed E-state index contributed by atoms with van der Waals surface area (Å²) in [6.07, 6.45) is 0.777. The van der Waals surface area contributed by atoms with E-state index in [9.17, 15) is 4.79 Å². The number of ether oxygens (including phenoxy) is 1. The number of rotatable bonds is 5. The van der Waals surface area contributed by atoms with Crippen molar-refractivity contribution in [3.8, 4) is 17.2 Å². The van der Waals surface area contributed by atoms with E-state index in [-0.39, 0.29) is 6.61 Å². The largest absolute Gasteiger partial charge is 0.485 e. The fourth-order valence-corrected chi connectivity index (χ4v) is 2.06. The smallest absolute Gasteiger partial charge is 0.259 e. The summed E-state index contributed by atoms with van der Waals surface area (Å²) in [4.78, 5) is 14.8. The van der Waals surface area contributed by atoms with Crippen LogP contribution in [0.5, 0.6) is 5.75 Å². The minimum absolute atomic E-state index is 0.161. The SMILES string of the molecule is O=Cc1ccc(OCc2noc(-c3ccccc3Cl)n2)cc1. The van der Waals surface area contributed by atoms with Crippen LogP contribution in [0.1, 0.15) is 16.2 Å². The lowest BCUT2D eigenvalue weighted by molar-refractivity contribution is 0.112. The molecule has 0 bridgehead atoms. The molecule has 0 fully saturated rings. The van der Waals surface area contributed by atoms with Crippen LogP contribution >= 0.6 is 11.6 Å². The zero-order valence-corrected chi connectivity index (χ0v) is 12.2. The lowest BCUT2D eigenvalue weighted by atomic mass is 10.2. The van der Waals surface area contributed by atoms with Crippen LogP contribution in [0, 0.1) is 0 Å². The zero-order chi connectivity index (χ0) is 15.4. The Morgan fingerprint density at radius 3 is 2.64 bits per heavy atom. The van der Waals surface area contributed by atoms with Crippen LogP contribution in [0.15, 0.2) is 53.1 Å². The van der Waals surface area contributed by atoms with E-state index in [1.54, 1.807) is 36.4 Å². The zero-order valence-electron chi connectivity index (χ0n) is 11.4. The lowest BCUT2D eigenvalue weighted by Gasteiger charge is -2.02. The molecule has 1 aromatic heterocycles. The van der Waals surface area contributed by atoms with E-state index in [2.05, 4.69) is 10.1 Å². The highest BCUT2D eigenvalue weighted by Crippen LogP contribution is 2.26. The maximum Gasteiger partial charge on any atom is 0.259 e. The van der Waals surface area contributed by atoms with Crippen LogP contribution in [0.3, 0.4) is 0 Å². The van der Waals surface area contributed by atoms with Gasteiger partial charge in [-0.15, -0.1) is 0 Å². The first kappa shape index (κ1) is 14.3. The summed E-state index contributed by atoms with van der Waals surface area (Å²) in [6.45, 7) is 0.161. The standard InChI is InChI=1S/C16H11ClN2O3/c17-14-4-2-1-3-13(14)16-18-15(19-22-16)10-21-12-7-5-11(9-20)6-8-12/h1-9H,10H2. The van der Waals surface area contributed by atoms with Crippen molar-refractivity contribution < 1.29 is 14.1 Å². The van der Waals surface area contributed by atoms with E-state index in [4.69, 9.17) is 20.9 Å². The van der Waals surface area contributed by atoms with Crippen molar-refractivity contribution in [3.05, 3.63) is 64.9 Å². The molecule has 0 aliphatic heterocycles. The third kappa shape index (κ3) is 3.15. The van der Waals surface area contributed by atoms with Gasteiger partial charge in [-0.2, -0.15) is 4.98 Å². The first-order chi connectivity index (χ1) is 10.8. The summed E-state index contributed by atoms with van der Waals surface area (Å²) >= 11 is 6.08. The van der Waals surface area contributed by atoms with Crippen LogP contribution in [-0.4, -0.2) is 16.4 Å². The number of aldehydes is 1. The molecule has 0 N–H and O–H groups in total. The summed E-state index contributed by atoms with van der Waals surface area (Å²) in [5.74, 6) is 1.38. The number of hydrogen-bond donors (Lipinski definition) is 0. The first-order valence-electron chi connectivity index (χ1n) is 6.52. The second-order valence-corrected chi connectivity index (χ2v) is 4.88. The van der Waals surface area contributed by atoms with E-state index in [0.717, 1.165) is 6.29 Å². The second kappa shape index (κ2) is 6.41. The Morgan fingerprint density at radius 1 is 1.14 bits per heavy atom. The molecule has 0 spiro atoms. The fraction of sp³-hybridized carbons (Fsp3) is 0.0625. The van der Waals surface area contributed by atoms with Gasteiger partial charge >= 0.3 is 0 Å². The Hall–Kier alpha value is -2.66. The highest BCUT2D eigenvalue weighted by Gasteiger charge is 2.12. The Balaban J connectivity index is 1.69. The Morgan fingerprint density at radius 2 is 1.91 bits per heavy atom. The molecule has 2 aromatic carbocycles. The van der Waals surface area contributed by atoms with Crippen LogP contribution in [0.25, 0.3) is 11.5 Å². The van der Waals surface area contributed by atoms with Gasteiger partial charge in [0.05, 0.1) is 10.6 Å². The van der Waals surface area contributed by atoms with Gasteiger partial charge in [0.1, 0.15) is 12.0 Å². The van der Waals surface area contributed by atoms with E-state index in [0.29, 0.717) is 33.6 Å². The maximum atomic E-state index is 10.6. The molecule has 0 unspecified atom stereocenters. The number of halogens is 1. The lowest BCUT2D eigenvalue weighted by Crippen LogP contribution is -1.97. The molecule has 0 atom stereocenters. The molecule has 22 heavy (non-hydrogen) atoms. The minimum atomic E-state index is 0.161. The normalized spacial score (nSPS) is 10.4. The Labute approximate surface area is 131 Å². The van der Waals surface area contributed by atoms with Crippen molar-refractivity contribution in [3.63, 3.8) is 0 Å². The second-order valence-electron chi connectivity index (χ2n) is 4.47. The third-order valence-corrected chi connectivity index (χ3v) is 3.29. The van der Waals surface area contributed by atoms with Crippen LogP contribution in [0.4, 0.5) is 0 Å². The Kier molecular flexibility index (Phi) is 4.16. The van der Waals surface area contributed by atoms with Gasteiger partial charge in [0.25, 0.3) is 5.89 Å². The highest BCUT2D eigenvalue weighted by atomic mass is 35.5. The van der Waals surface area contributed by atoms with Crippen LogP contribution in [-0.2, 0) is 6.61 Å². The quantitative estimate of drug-likeness (QED) is 0.670. The summed E-state index contributed by atoms with van der Waals surface area (Å²) in [5.41, 5.74) is 1.27. The molecule has 3 rings (SSSR count). The topological polar surface area (TPSA) is 65.2 Å². The van der Waals surface area contributed by atoms with E-state index in [1.807, 2.05) is 12.1 Å². The molecule has 0 saturated heterocycles. The van der Waals surface area contributed by atoms with Gasteiger partial charge in [0.2, 0.25) is 5.82 Å². The number of carbonyl (C=O) groups is 1. The summed E-state index contributed by atoms with van der Waals surface area (Å²) in [5, 5.41) is 4.40. The molecule has 0 amide bonds. The highest BCUT2D eigenvalue weighted by molar-refractivity contribution is 6.33. The molecular weight excluding hydrogens is 304 g/mol. The van der Waals surface area contributed by atoms with Gasteiger partial charge in [0.15, 0.2) is 6.61 Å². The van der Waals surface area contributed by atoms with Gasteiger partial charge in [-0.05, 0) is 36.4 Å². The average Bonchev–Trinajstić information content (AvgIpc) is 3.02. The number of aromatic nitrogens is 2. The van der Waals surface area contributed by atoms with Crippen LogP contribution < -0.4 is 4.74 Å². The molecule has 110 valence electrons. The summed E-state index contributed by atoms with van der Waals surface area (Å²) in [6, 6.07) is 14.0. The fourth-order valence-electron chi connectivity index (χ4n) is 1.85. The van der Waals surface area contributed by atoms with E-state index < -0.39 is 0 Å². The summed E-state index contributed by atoms with van der Waals surface area (Å²) < 4.78 is 10.7. The molecule has 0 aliphatic carbocycles. The predicted molar refractivity (Wildman–Crippen MR) is 80.9 cm³/mol.